The van der Waals surface area contributed by atoms with E-state index in [0.29, 0.717) is 11.5 Å². The zero-order chi connectivity index (χ0) is 22.5. The fourth-order valence-corrected chi connectivity index (χ4v) is 5.29. The number of hydrogen-bond acceptors (Lipinski definition) is 6. The van der Waals surface area contributed by atoms with E-state index in [2.05, 4.69) is 19.2 Å². The van der Waals surface area contributed by atoms with E-state index in [1.54, 1.807) is 39.8 Å². The molecule has 0 spiro atoms. The van der Waals surface area contributed by atoms with Crippen LogP contribution in [0.4, 0.5) is 11.4 Å². The Labute approximate surface area is 178 Å². The summed E-state index contributed by atoms with van der Waals surface area (Å²) in [7, 11) is -3.68. The molecule has 2 rings (SSSR count). The fraction of sp³-hybridized carbons (Fsp3) is 0.455. The molecule has 2 aromatic rings. The summed E-state index contributed by atoms with van der Waals surface area (Å²) in [5.74, 6) is -0.433. The molecular formula is C22H31N2O5P. The van der Waals surface area contributed by atoms with Gasteiger partial charge in [0.1, 0.15) is 0 Å². The number of non-ortho nitro benzene ring substituents is 1. The number of nitrogens with zero attached hydrogens (tertiary/aromatic N) is 1. The number of nitrogens with one attached hydrogen (secondary N) is 1. The first-order valence-corrected chi connectivity index (χ1v) is 11.7. The molecule has 0 unspecified atom stereocenters. The van der Waals surface area contributed by atoms with Crippen molar-refractivity contribution >= 4 is 19.0 Å². The van der Waals surface area contributed by atoms with Crippen molar-refractivity contribution in [2.45, 2.75) is 65.5 Å². The van der Waals surface area contributed by atoms with Crippen molar-refractivity contribution in [2.75, 3.05) is 5.32 Å². The van der Waals surface area contributed by atoms with Gasteiger partial charge in [-0.2, -0.15) is 0 Å². The largest absolute Gasteiger partial charge is 0.368 e. The molecule has 0 heterocycles. The lowest BCUT2D eigenvalue weighted by Crippen LogP contribution is -2.19. The minimum absolute atomic E-state index is 0.0387. The van der Waals surface area contributed by atoms with Crippen LogP contribution in [0.15, 0.2) is 48.5 Å². The zero-order valence-corrected chi connectivity index (χ0v) is 19.3. The van der Waals surface area contributed by atoms with Gasteiger partial charge in [-0.1, -0.05) is 26.0 Å². The van der Waals surface area contributed by atoms with Crippen molar-refractivity contribution in [3.63, 3.8) is 0 Å². The highest BCUT2D eigenvalue weighted by molar-refractivity contribution is 7.54. The van der Waals surface area contributed by atoms with E-state index in [1.165, 1.54) is 17.7 Å². The molecule has 0 aliphatic heterocycles. The van der Waals surface area contributed by atoms with Gasteiger partial charge < -0.3 is 14.4 Å². The van der Waals surface area contributed by atoms with Crippen molar-refractivity contribution in [3.05, 3.63) is 69.8 Å². The predicted octanol–water partition coefficient (Wildman–Crippen LogP) is 6.87. The first-order valence-electron chi connectivity index (χ1n) is 10.1. The minimum Gasteiger partial charge on any atom is -0.368 e. The van der Waals surface area contributed by atoms with Gasteiger partial charge in [0.25, 0.3) is 5.69 Å². The number of nitro groups is 1. The Morgan fingerprint density at radius 1 is 0.833 bits per heavy atom. The van der Waals surface area contributed by atoms with Gasteiger partial charge in [-0.05, 0) is 69.0 Å². The van der Waals surface area contributed by atoms with Crippen LogP contribution in [0.25, 0.3) is 0 Å². The second-order valence-electron chi connectivity index (χ2n) is 8.02. The van der Waals surface area contributed by atoms with E-state index in [-0.39, 0.29) is 17.9 Å². The van der Waals surface area contributed by atoms with Gasteiger partial charge in [-0.3, -0.25) is 14.7 Å². The Morgan fingerprint density at radius 3 is 1.70 bits per heavy atom. The molecule has 0 aliphatic rings. The highest BCUT2D eigenvalue weighted by Crippen LogP contribution is 2.62. The lowest BCUT2D eigenvalue weighted by Gasteiger charge is -2.31. The molecule has 1 N–H and O–H groups in total. The van der Waals surface area contributed by atoms with Gasteiger partial charge in [0.05, 0.1) is 17.1 Å². The van der Waals surface area contributed by atoms with E-state index in [1.807, 2.05) is 24.3 Å². The molecule has 0 aliphatic carbocycles. The zero-order valence-electron chi connectivity index (χ0n) is 18.4. The number of hydrogen-bond donors (Lipinski definition) is 1. The fourth-order valence-electron chi connectivity index (χ4n) is 2.98. The summed E-state index contributed by atoms with van der Waals surface area (Å²) in [5, 5.41) is 14.3. The molecule has 164 valence electrons. The first kappa shape index (κ1) is 24.1. The van der Waals surface area contributed by atoms with E-state index < -0.39 is 18.3 Å². The quantitative estimate of drug-likeness (QED) is 0.249. The lowest BCUT2D eigenvalue weighted by molar-refractivity contribution is -0.384. The summed E-state index contributed by atoms with van der Waals surface area (Å²) in [4.78, 5) is 10.6. The summed E-state index contributed by atoms with van der Waals surface area (Å²) in [5.41, 5.74) is 2.48. The molecule has 0 aromatic heterocycles. The molecule has 0 radical (unpaired) electrons. The second-order valence-corrected chi connectivity index (χ2v) is 10.0. The van der Waals surface area contributed by atoms with Gasteiger partial charge in [0.2, 0.25) is 0 Å². The van der Waals surface area contributed by atoms with Gasteiger partial charge in [-0.25, -0.2) is 0 Å². The second kappa shape index (κ2) is 10.2. The average molecular weight is 434 g/mol. The third-order valence-electron chi connectivity index (χ3n) is 4.33. The van der Waals surface area contributed by atoms with Crippen LogP contribution < -0.4 is 5.32 Å². The minimum atomic E-state index is -3.68. The van der Waals surface area contributed by atoms with Crippen molar-refractivity contribution in [3.8, 4) is 0 Å². The van der Waals surface area contributed by atoms with Gasteiger partial charge in [0, 0.05) is 17.8 Å². The summed E-state index contributed by atoms with van der Waals surface area (Å²) in [6.07, 6.45) is -0.666. The van der Waals surface area contributed by atoms with Crippen molar-refractivity contribution in [2.24, 2.45) is 0 Å². The summed E-state index contributed by atoms with van der Waals surface area (Å²) < 4.78 is 25.5. The maximum Gasteiger partial charge on any atom is 0.357 e. The number of nitro benzene ring substituents is 1. The van der Waals surface area contributed by atoms with Crippen molar-refractivity contribution in [1.82, 2.24) is 0 Å². The van der Waals surface area contributed by atoms with Crippen LogP contribution in [0.1, 0.15) is 64.4 Å². The molecule has 1 atom stereocenters. The van der Waals surface area contributed by atoms with Crippen LogP contribution in [0.2, 0.25) is 0 Å². The number of rotatable bonds is 10. The monoisotopic (exact) mass is 434 g/mol. The van der Waals surface area contributed by atoms with Crippen LogP contribution in [0.3, 0.4) is 0 Å². The molecule has 0 amide bonds. The third-order valence-corrected chi connectivity index (χ3v) is 6.82. The lowest BCUT2D eigenvalue weighted by atomic mass is 10.0. The topological polar surface area (TPSA) is 90.7 Å². The maximum atomic E-state index is 13.9. The highest BCUT2D eigenvalue weighted by Gasteiger charge is 2.39. The summed E-state index contributed by atoms with van der Waals surface area (Å²) >= 11 is 0. The normalized spacial score (nSPS) is 13.1. The van der Waals surface area contributed by atoms with Gasteiger partial charge >= 0.3 is 7.60 Å². The molecule has 0 saturated heterocycles. The molecule has 0 saturated carbocycles. The van der Waals surface area contributed by atoms with E-state index in [4.69, 9.17) is 9.05 Å². The summed E-state index contributed by atoms with van der Waals surface area (Å²) in [6.45, 7) is 11.4. The Morgan fingerprint density at radius 2 is 1.30 bits per heavy atom. The maximum absolute atomic E-state index is 13.9. The highest BCUT2D eigenvalue weighted by atomic mass is 31.2. The van der Waals surface area contributed by atoms with Crippen LogP contribution >= 0.6 is 7.60 Å². The Balaban J connectivity index is 2.49. The molecule has 0 bridgehead atoms. The van der Waals surface area contributed by atoms with Gasteiger partial charge in [-0.15, -0.1) is 0 Å². The molecule has 2 aromatic carbocycles. The standard InChI is InChI=1S/C22H31N2O5P/c1-15(2)18-7-11-20(12-8-18)23-22(19-9-13-21(14-10-19)24(25)26)30(27,28-16(3)4)29-17(5)6/h7-17,22-23H,1-6H3/t22-/m1/s1. The van der Waals surface area contributed by atoms with E-state index in [9.17, 15) is 14.7 Å². The number of benzene rings is 2. The summed E-state index contributed by atoms with van der Waals surface area (Å²) in [6, 6.07) is 13.8. The Hall–Kier alpha value is -2.21. The van der Waals surface area contributed by atoms with E-state index >= 15 is 0 Å². The third kappa shape index (κ3) is 6.39. The SMILES string of the molecule is CC(C)OP(=O)(OC(C)C)[C@@H](Nc1ccc(C(C)C)cc1)c1ccc([N+](=O)[O-])cc1. The van der Waals surface area contributed by atoms with Crippen LogP contribution in [-0.2, 0) is 13.6 Å². The van der Waals surface area contributed by atoms with Crippen LogP contribution in [0, 0.1) is 10.1 Å². The van der Waals surface area contributed by atoms with Crippen molar-refractivity contribution in [1.29, 1.82) is 0 Å². The molecular weight excluding hydrogens is 403 g/mol. The Bertz CT molecular complexity index is 865. The van der Waals surface area contributed by atoms with Gasteiger partial charge in [0.15, 0.2) is 5.78 Å². The predicted molar refractivity (Wildman–Crippen MR) is 120 cm³/mol. The Kier molecular flexibility index (Phi) is 8.18. The van der Waals surface area contributed by atoms with Crippen LogP contribution in [-0.4, -0.2) is 17.1 Å². The molecule has 0 fully saturated rings. The first-order chi connectivity index (χ1) is 14.0. The smallest absolute Gasteiger partial charge is 0.357 e. The molecule has 7 nitrogen and oxygen atoms in total. The number of anilines is 1. The van der Waals surface area contributed by atoms with E-state index in [0.717, 1.165) is 5.69 Å². The molecule has 8 heteroatoms. The van der Waals surface area contributed by atoms with Crippen LogP contribution in [0.5, 0.6) is 0 Å². The average Bonchev–Trinajstić information content (AvgIpc) is 2.65. The molecule has 30 heavy (non-hydrogen) atoms. The van der Waals surface area contributed by atoms with Crippen molar-refractivity contribution < 1.29 is 18.5 Å².